The molecule has 0 aromatic carbocycles. The third kappa shape index (κ3) is 3.78. The molecule has 0 radical (unpaired) electrons. The largest absolute Gasteiger partial charge is 0.461 e. The van der Waals surface area contributed by atoms with Crippen molar-refractivity contribution in [2.45, 2.75) is 33.7 Å². The highest BCUT2D eigenvalue weighted by Gasteiger charge is 2.33. The van der Waals surface area contributed by atoms with Gasteiger partial charge in [0.15, 0.2) is 11.5 Å². The van der Waals surface area contributed by atoms with Crippen LogP contribution in [0.3, 0.4) is 0 Å². The van der Waals surface area contributed by atoms with Crippen LogP contribution in [-0.4, -0.2) is 46.3 Å². The normalized spacial score (nSPS) is 11.8. The van der Waals surface area contributed by atoms with Crippen LogP contribution in [-0.2, 0) is 11.8 Å². The molecule has 7 nitrogen and oxygen atoms in total. The van der Waals surface area contributed by atoms with Crippen LogP contribution >= 0.6 is 0 Å². The van der Waals surface area contributed by atoms with Crippen LogP contribution in [0.5, 0.6) is 0 Å². The van der Waals surface area contributed by atoms with Gasteiger partial charge >= 0.3 is 5.97 Å². The van der Waals surface area contributed by atoms with Gasteiger partial charge in [-0.25, -0.2) is 4.79 Å². The lowest BCUT2D eigenvalue weighted by Gasteiger charge is -2.26. The van der Waals surface area contributed by atoms with E-state index in [1.807, 2.05) is 0 Å². The molecule has 0 aliphatic rings. The molecule has 28 heavy (non-hydrogen) atoms. The summed E-state index contributed by atoms with van der Waals surface area (Å²) in [5.74, 6) is -0.993. The summed E-state index contributed by atoms with van der Waals surface area (Å²) in [4.78, 5) is 39.8. The molecule has 0 bridgehead atoms. The van der Waals surface area contributed by atoms with Gasteiger partial charge in [-0.05, 0) is 45.4 Å². The molecule has 1 unspecified atom stereocenters. The predicted molar refractivity (Wildman–Crippen MR) is 105 cm³/mol. The van der Waals surface area contributed by atoms with Crippen molar-refractivity contribution in [2.75, 3.05) is 13.2 Å². The fourth-order valence-electron chi connectivity index (χ4n) is 3.28. The van der Waals surface area contributed by atoms with E-state index in [0.717, 1.165) is 0 Å². The summed E-state index contributed by atoms with van der Waals surface area (Å²) in [5, 5.41) is 0. The Kier molecular flexibility index (Phi) is 6.62. The zero-order chi connectivity index (χ0) is 21.0. The fraction of sp³-hybridized carbons (Fsp3) is 0.381. The first-order valence-electron chi connectivity index (χ1n) is 9.08. The highest BCUT2D eigenvalue weighted by Crippen LogP contribution is 2.25. The Morgan fingerprint density at radius 1 is 1.36 bits per heavy atom. The molecule has 2 rings (SSSR count). The molecule has 150 valence electrons. The summed E-state index contributed by atoms with van der Waals surface area (Å²) in [6.07, 6.45) is 2.96. The Morgan fingerprint density at radius 2 is 2.04 bits per heavy atom. The molecule has 0 N–H and O–H groups in total. The predicted octanol–water partition coefficient (Wildman–Crippen LogP) is 3.31. The van der Waals surface area contributed by atoms with E-state index in [9.17, 15) is 14.4 Å². The minimum atomic E-state index is -0.773. The van der Waals surface area contributed by atoms with E-state index in [4.69, 9.17) is 9.15 Å². The van der Waals surface area contributed by atoms with Crippen molar-refractivity contribution in [2.24, 2.45) is 7.05 Å². The van der Waals surface area contributed by atoms with Crippen LogP contribution in [0.1, 0.15) is 56.5 Å². The summed E-state index contributed by atoms with van der Waals surface area (Å²) in [5.41, 5.74) is 1.93. The van der Waals surface area contributed by atoms with E-state index in [1.54, 1.807) is 57.5 Å². The molecule has 2 aromatic heterocycles. The minimum Gasteiger partial charge on any atom is -0.461 e. The average molecular weight is 386 g/mol. The third-order valence-electron chi connectivity index (χ3n) is 4.81. The van der Waals surface area contributed by atoms with Crippen LogP contribution < -0.4 is 0 Å². The first kappa shape index (κ1) is 21.2. The van der Waals surface area contributed by atoms with Crippen LogP contribution in [0.25, 0.3) is 0 Å². The zero-order valence-electron chi connectivity index (χ0n) is 16.9. The fourth-order valence-corrected chi connectivity index (χ4v) is 3.28. The van der Waals surface area contributed by atoms with Gasteiger partial charge in [-0.1, -0.05) is 6.08 Å². The number of amides is 1. The van der Waals surface area contributed by atoms with E-state index in [-0.39, 0.29) is 24.7 Å². The minimum absolute atomic E-state index is 0.148. The number of ether oxygens (including phenoxy) is 1. The number of aromatic nitrogens is 1. The molecule has 7 heteroatoms. The zero-order valence-corrected chi connectivity index (χ0v) is 16.9. The van der Waals surface area contributed by atoms with E-state index in [0.29, 0.717) is 22.5 Å². The van der Waals surface area contributed by atoms with Crippen molar-refractivity contribution in [1.29, 1.82) is 0 Å². The molecular weight excluding hydrogens is 360 g/mol. The molecule has 1 amide bonds. The lowest BCUT2D eigenvalue weighted by molar-refractivity contribution is 0.0513. The second kappa shape index (κ2) is 8.73. The van der Waals surface area contributed by atoms with Crippen LogP contribution in [0.2, 0.25) is 0 Å². The maximum absolute atomic E-state index is 13.3. The number of nitrogens with zero attached hydrogens (tertiary/aromatic N) is 2. The quantitative estimate of drug-likeness (QED) is 0.395. The Hall–Kier alpha value is -3.09. The van der Waals surface area contributed by atoms with Crippen LogP contribution in [0, 0.1) is 13.8 Å². The number of furan rings is 1. The van der Waals surface area contributed by atoms with Gasteiger partial charge in [-0.3, -0.25) is 9.59 Å². The van der Waals surface area contributed by atoms with Crippen molar-refractivity contribution < 1.29 is 23.5 Å². The smallest absolute Gasteiger partial charge is 0.355 e. The monoisotopic (exact) mass is 386 g/mol. The van der Waals surface area contributed by atoms with Gasteiger partial charge in [0, 0.05) is 24.8 Å². The lowest BCUT2D eigenvalue weighted by atomic mass is 9.99. The summed E-state index contributed by atoms with van der Waals surface area (Å²) in [6.45, 7) is 11.0. The van der Waals surface area contributed by atoms with Crippen molar-refractivity contribution in [3.8, 4) is 0 Å². The van der Waals surface area contributed by atoms with E-state index in [2.05, 4.69) is 6.58 Å². The third-order valence-corrected chi connectivity index (χ3v) is 4.81. The second-order valence-electron chi connectivity index (χ2n) is 6.48. The number of carbonyl (C=O) groups is 3. The summed E-state index contributed by atoms with van der Waals surface area (Å²) in [7, 11) is 1.71. The van der Waals surface area contributed by atoms with Gasteiger partial charge in [0.05, 0.1) is 18.9 Å². The molecule has 0 aliphatic heterocycles. The Balaban J connectivity index is 2.43. The molecule has 2 aromatic rings. The van der Waals surface area contributed by atoms with Crippen molar-refractivity contribution in [3.63, 3.8) is 0 Å². The van der Waals surface area contributed by atoms with Gasteiger partial charge in [-0.2, -0.15) is 0 Å². The first-order valence-corrected chi connectivity index (χ1v) is 9.08. The number of ketones is 1. The molecule has 2 heterocycles. The van der Waals surface area contributed by atoms with Crippen LogP contribution in [0.15, 0.2) is 35.5 Å². The summed E-state index contributed by atoms with van der Waals surface area (Å²) >= 11 is 0. The van der Waals surface area contributed by atoms with Crippen molar-refractivity contribution >= 4 is 17.7 Å². The Bertz CT molecular complexity index is 893. The maximum Gasteiger partial charge on any atom is 0.355 e. The molecule has 0 saturated carbocycles. The van der Waals surface area contributed by atoms with E-state index in [1.165, 1.54) is 11.2 Å². The SMILES string of the molecule is C=CCN(C(=O)c1ccco1)C(C)C(=O)c1c(C)c(C(=O)OCC)n(C)c1C. The average Bonchev–Trinajstić information content (AvgIpc) is 3.26. The van der Waals surface area contributed by atoms with Crippen LogP contribution in [0.4, 0.5) is 0 Å². The van der Waals surface area contributed by atoms with Gasteiger partial charge in [0.2, 0.25) is 0 Å². The molecule has 0 aliphatic carbocycles. The van der Waals surface area contributed by atoms with Crippen molar-refractivity contribution in [1.82, 2.24) is 9.47 Å². The summed E-state index contributed by atoms with van der Waals surface area (Å²) in [6, 6.07) is 2.39. The van der Waals surface area contributed by atoms with E-state index < -0.39 is 17.9 Å². The Labute approximate surface area is 164 Å². The number of esters is 1. The van der Waals surface area contributed by atoms with Gasteiger partial charge < -0.3 is 18.6 Å². The van der Waals surface area contributed by atoms with Crippen molar-refractivity contribution in [3.05, 3.63) is 59.3 Å². The highest BCUT2D eigenvalue weighted by atomic mass is 16.5. The van der Waals surface area contributed by atoms with Gasteiger partial charge in [-0.15, -0.1) is 6.58 Å². The number of hydrogen-bond donors (Lipinski definition) is 0. The molecule has 1 atom stereocenters. The molecule has 0 fully saturated rings. The number of carbonyl (C=O) groups excluding carboxylic acids is 3. The second-order valence-corrected chi connectivity index (χ2v) is 6.48. The standard InChI is InChI=1S/C21H26N2O5/c1-7-11-23(20(25)16-10-9-12-28-16)15(5)19(24)17-13(3)18(21(26)27-8-2)22(6)14(17)4/h7,9-10,12,15H,1,8,11H2,2-6H3. The highest BCUT2D eigenvalue weighted by molar-refractivity contribution is 6.07. The van der Waals surface area contributed by atoms with Gasteiger partial charge in [0.1, 0.15) is 5.69 Å². The Morgan fingerprint density at radius 3 is 2.57 bits per heavy atom. The molecule has 0 saturated heterocycles. The van der Waals surface area contributed by atoms with E-state index >= 15 is 0 Å². The number of hydrogen-bond acceptors (Lipinski definition) is 5. The number of rotatable bonds is 8. The first-order chi connectivity index (χ1) is 13.3. The molecular formula is C21H26N2O5. The molecule has 0 spiro atoms. The number of Topliss-reactive ketones (excluding diaryl/α,β-unsaturated/α-hetero) is 1. The topological polar surface area (TPSA) is 81.8 Å². The van der Waals surface area contributed by atoms with Gasteiger partial charge in [0.25, 0.3) is 5.91 Å². The maximum atomic E-state index is 13.3. The summed E-state index contributed by atoms with van der Waals surface area (Å²) < 4.78 is 11.9. The lowest BCUT2D eigenvalue weighted by Crippen LogP contribution is -2.43.